The van der Waals surface area contributed by atoms with Crippen LogP contribution < -0.4 is 5.56 Å². The Labute approximate surface area is 78.8 Å². The summed E-state index contributed by atoms with van der Waals surface area (Å²) in [6, 6.07) is 7.24. The number of H-pyrrole nitrogens is 1. The monoisotopic (exact) mass is 185 g/mol. The molecule has 0 saturated carbocycles. The fourth-order valence-corrected chi connectivity index (χ4v) is 1.62. The van der Waals surface area contributed by atoms with Crippen molar-refractivity contribution >= 4 is 16.7 Å². The number of aromatic amines is 1. The lowest BCUT2D eigenvalue weighted by molar-refractivity contribution is 1.14. The molecule has 0 atom stereocenters. The molecule has 0 aliphatic carbocycles. The molecule has 0 bridgehead atoms. The average Bonchev–Trinajstić information content (AvgIpc) is 2.67. The van der Waals surface area contributed by atoms with Crippen molar-refractivity contribution in [3.05, 3.63) is 47.0 Å². The second kappa shape index (κ2) is 2.45. The van der Waals surface area contributed by atoms with Crippen molar-refractivity contribution in [2.24, 2.45) is 0 Å². The summed E-state index contributed by atoms with van der Waals surface area (Å²) in [7, 11) is 0. The van der Waals surface area contributed by atoms with Crippen LogP contribution in [0.1, 0.15) is 0 Å². The van der Waals surface area contributed by atoms with Gasteiger partial charge >= 0.3 is 0 Å². The van der Waals surface area contributed by atoms with Gasteiger partial charge in [0.15, 0.2) is 5.65 Å². The van der Waals surface area contributed by atoms with Gasteiger partial charge in [0.25, 0.3) is 5.56 Å². The van der Waals surface area contributed by atoms with E-state index in [1.54, 1.807) is 22.7 Å². The second-order valence-corrected chi connectivity index (χ2v) is 3.09. The van der Waals surface area contributed by atoms with Crippen molar-refractivity contribution in [3.8, 4) is 0 Å². The highest BCUT2D eigenvalue weighted by Crippen LogP contribution is 2.08. The first-order valence-corrected chi connectivity index (χ1v) is 4.30. The number of nitrogens with zero attached hydrogens (tertiary/aromatic N) is 2. The van der Waals surface area contributed by atoms with Gasteiger partial charge in [-0.2, -0.15) is 0 Å². The van der Waals surface area contributed by atoms with Crippen LogP contribution in [-0.2, 0) is 0 Å². The smallest absolute Gasteiger partial charge is 0.272 e. The summed E-state index contributed by atoms with van der Waals surface area (Å²) in [6.07, 6.45) is 3.54. The molecule has 0 aliphatic heterocycles. The lowest BCUT2D eigenvalue weighted by Gasteiger charge is -1.99. The van der Waals surface area contributed by atoms with Crippen LogP contribution in [-0.4, -0.2) is 14.4 Å². The molecule has 4 nitrogen and oxygen atoms in total. The van der Waals surface area contributed by atoms with E-state index in [0.29, 0.717) is 5.52 Å². The van der Waals surface area contributed by atoms with Crippen LogP contribution in [0.3, 0.4) is 0 Å². The molecule has 0 amide bonds. The zero-order valence-corrected chi connectivity index (χ0v) is 7.27. The van der Waals surface area contributed by atoms with Gasteiger partial charge in [-0.15, -0.1) is 0 Å². The highest BCUT2D eigenvalue weighted by atomic mass is 16.1. The SMILES string of the molecule is O=c1[nH]c2cccnc2n2cccc12. The molecule has 3 heterocycles. The molecule has 0 aliphatic rings. The van der Waals surface area contributed by atoms with Crippen molar-refractivity contribution in [1.82, 2.24) is 14.4 Å². The standard InChI is InChI=1S/C10H7N3O/c14-10-8-4-2-6-13(8)9-7(12-10)3-1-5-11-9/h1-6H,(H,12,14). The normalized spacial score (nSPS) is 11.1. The van der Waals surface area contributed by atoms with Crippen molar-refractivity contribution in [2.45, 2.75) is 0 Å². The van der Waals surface area contributed by atoms with E-state index in [9.17, 15) is 4.79 Å². The first-order chi connectivity index (χ1) is 6.86. The van der Waals surface area contributed by atoms with Crippen molar-refractivity contribution in [3.63, 3.8) is 0 Å². The maximum atomic E-state index is 11.5. The van der Waals surface area contributed by atoms with E-state index in [1.165, 1.54) is 0 Å². The molecule has 4 heteroatoms. The minimum atomic E-state index is -0.0875. The maximum absolute atomic E-state index is 11.5. The van der Waals surface area contributed by atoms with E-state index in [-0.39, 0.29) is 5.56 Å². The molecular formula is C10H7N3O. The molecule has 0 spiro atoms. The number of hydrogen-bond donors (Lipinski definition) is 1. The van der Waals surface area contributed by atoms with E-state index in [1.807, 2.05) is 18.3 Å². The Kier molecular flexibility index (Phi) is 1.28. The maximum Gasteiger partial charge on any atom is 0.272 e. The van der Waals surface area contributed by atoms with Gasteiger partial charge in [-0.1, -0.05) is 0 Å². The molecule has 3 aromatic heterocycles. The second-order valence-electron chi connectivity index (χ2n) is 3.09. The Bertz CT molecular complexity index is 665. The average molecular weight is 185 g/mol. The molecule has 0 saturated heterocycles. The number of hydrogen-bond acceptors (Lipinski definition) is 2. The zero-order chi connectivity index (χ0) is 9.54. The summed E-state index contributed by atoms with van der Waals surface area (Å²) in [5.41, 5.74) is 2.06. The Morgan fingerprint density at radius 2 is 2.21 bits per heavy atom. The Hall–Kier alpha value is -2.10. The van der Waals surface area contributed by atoms with E-state index in [2.05, 4.69) is 9.97 Å². The summed E-state index contributed by atoms with van der Waals surface area (Å²) >= 11 is 0. The number of aromatic nitrogens is 3. The highest BCUT2D eigenvalue weighted by Gasteiger charge is 2.03. The molecule has 14 heavy (non-hydrogen) atoms. The number of fused-ring (bicyclic) bond motifs is 3. The van der Waals surface area contributed by atoms with Crippen LogP contribution in [0.15, 0.2) is 41.5 Å². The van der Waals surface area contributed by atoms with Crippen LogP contribution in [0.25, 0.3) is 16.7 Å². The summed E-state index contributed by atoms with van der Waals surface area (Å²) in [4.78, 5) is 18.5. The molecule has 1 N–H and O–H groups in total. The number of nitrogens with one attached hydrogen (secondary N) is 1. The highest BCUT2D eigenvalue weighted by molar-refractivity contribution is 5.73. The van der Waals surface area contributed by atoms with Gasteiger partial charge < -0.3 is 4.98 Å². The van der Waals surface area contributed by atoms with Gasteiger partial charge in [0.1, 0.15) is 5.52 Å². The van der Waals surface area contributed by atoms with Crippen molar-refractivity contribution in [1.29, 1.82) is 0 Å². The van der Waals surface area contributed by atoms with Gasteiger partial charge in [0.2, 0.25) is 0 Å². The van der Waals surface area contributed by atoms with Gasteiger partial charge in [0.05, 0.1) is 5.52 Å². The molecule has 0 radical (unpaired) electrons. The van der Waals surface area contributed by atoms with Crippen LogP contribution in [0, 0.1) is 0 Å². The zero-order valence-electron chi connectivity index (χ0n) is 7.27. The van der Waals surface area contributed by atoms with Gasteiger partial charge in [-0.25, -0.2) is 4.98 Å². The van der Waals surface area contributed by atoms with Crippen LogP contribution >= 0.6 is 0 Å². The largest absolute Gasteiger partial charge is 0.318 e. The minimum Gasteiger partial charge on any atom is -0.318 e. The van der Waals surface area contributed by atoms with E-state index in [0.717, 1.165) is 11.2 Å². The first kappa shape index (κ1) is 7.32. The lowest BCUT2D eigenvalue weighted by Crippen LogP contribution is -2.09. The van der Waals surface area contributed by atoms with Gasteiger partial charge in [-0.05, 0) is 24.3 Å². The molecule has 0 unspecified atom stereocenters. The summed E-state index contributed by atoms with van der Waals surface area (Å²) < 4.78 is 1.79. The predicted molar refractivity (Wildman–Crippen MR) is 53.3 cm³/mol. The van der Waals surface area contributed by atoms with E-state index >= 15 is 0 Å². The van der Waals surface area contributed by atoms with Crippen molar-refractivity contribution < 1.29 is 0 Å². The van der Waals surface area contributed by atoms with E-state index in [4.69, 9.17) is 0 Å². The quantitative estimate of drug-likeness (QED) is 0.571. The van der Waals surface area contributed by atoms with Crippen LogP contribution in [0.5, 0.6) is 0 Å². The third kappa shape index (κ3) is 0.821. The predicted octanol–water partition coefficient (Wildman–Crippen LogP) is 1.18. The minimum absolute atomic E-state index is 0.0875. The molecule has 3 aromatic rings. The fraction of sp³-hybridized carbons (Fsp3) is 0. The number of pyridine rings is 1. The number of rotatable bonds is 0. The Balaban J connectivity index is 2.73. The summed E-state index contributed by atoms with van der Waals surface area (Å²) in [5.74, 6) is 0. The topological polar surface area (TPSA) is 50.2 Å². The molecule has 68 valence electrons. The third-order valence-corrected chi connectivity index (χ3v) is 2.24. The lowest BCUT2D eigenvalue weighted by atomic mass is 10.4. The van der Waals surface area contributed by atoms with Crippen LogP contribution in [0.4, 0.5) is 0 Å². The fourth-order valence-electron chi connectivity index (χ4n) is 1.62. The van der Waals surface area contributed by atoms with Crippen LogP contribution in [0.2, 0.25) is 0 Å². The van der Waals surface area contributed by atoms with Crippen molar-refractivity contribution in [2.75, 3.05) is 0 Å². The summed E-state index contributed by atoms with van der Waals surface area (Å²) in [5, 5.41) is 0. The Morgan fingerprint density at radius 1 is 1.29 bits per heavy atom. The molecule has 0 fully saturated rings. The van der Waals surface area contributed by atoms with E-state index < -0.39 is 0 Å². The first-order valence-electron chi connectivity index (χ1n) is 4.30. The molecular weight excluding hydrogens is 178 g/mol. The molecule has 3 rings (SSSR count). The third-order valence-electron chi connectivity index (χ3n) is 2.24. The molecule has 0 aromatic carbocycles. The Morgan fingerprint density at radius 3 is 3.14 bits per heavy atom. The summed E-state index contributed by atoms with van der Waals surface area (Å²) in [6.45, 7) is 0. The van der Waals surface area contributed by atoms with Gasteiger partial charge in [0, 0.05) is 12.4 Å². The van der Waals surface area contributed by atoms with Gasteiger partial charge in [-0.3, -0.25) is 9.20 Å².